The van der Waals surface area contributed by atoms with Crippen LogP contribution in [0.2, 0.25) is 10.2 Å². The van der Waals surface area contributed by atoms with Crippen LogP contribution in [0.15, 0.2) is 60.8 Å². The molecule has 37 heavy (non-hydrogen) atoms. The fourth-order valence-electron chi connectivity index (χ4n) is 5.65. The van der Waals surface area contributed by atoms with Crippen LogP contribution < -0.4 is 15.1 Å². The number of nitrogens with one attached hydrogen (secondary N) is 2. The number of carbonyl (C=O) groups excluding carboxylic acids is 1. The number of hydrogen-bond acceptors (Lipinski definition) is 3. The monoisotopic (exact) mass is 543 g/mol. The standard InChI is InChI=1S/C28H26Cl2F2N4O/c29-24-16-20(9-12-34-24)17-35-27(37)36(15-1-2-19-3-5-21(31)6-4-19)18-28(10-13-33-14-11-28)25-23(36)8-7-22(32)26(25)30/h1-9,12,16,33H,10-11,13-15,17-18H2/p+1/b2-1+. The molecule has 9 heteroatoms. The Morgan fingerprint density at radius 2 is 1.86 bits per heavy atom. The lowest BCUT2D eigenvalue weighted by Gasteiger charge is -2.36. The lowest BCUT2D eigenvalue weighted by molar-refractivity contribution is 0.189. The molecule has 1 saturated heterocycles. The maximum absolute atomic E-state index is 14.8. The van der Waals surface area contributed by atoms with Crippen LogP contribution in [0.5, 0.6) is 0 Å². The van der Waals surface area contributed by atoms with Crippen LogP contribution in [0.4, 0.5) is 19.3 Å². The van der Waals surface area contributed by atoms with Gasteiger partial charge in [0.25, 0.3) is 0 Å². The molecule has 0 aliphatic carbocycles. The average molecular weight is 544 g/mol. The molecule has 0 radical (unpaired) electrons. The number of aromatic nitrogens is 1. The van der Waals surface area contributed by atoms with Gasteiger partial charge in [-0.2, -0.15) is 0 Å². The molecule has 2 aliphatic rings. The van der Waals surface area contributed by atoms with Gasteiger partial charge in [0.2, 0.25) is 0 Å². The average Bonchev–Trinajstić information content (AvgIpc) is 3.16. The van der Waals surface area contributed by atoms with E-state index in [0.29, 0.717) is 23.9 Å². The Hall–Kier alpha value is -2.84. The van der Waals surface area contributed by atoms with Crippen LogP contribution in [-0.2, 0) is 12.0 Å². The van der Waals surface area contributed by atoms with Gasteiger partial charge in [-0.25, -0.2) is 23.0 Å². The second-order valence-electron chi connectivity index (χ2n) is 9.69. The molecular formula is C28H27Cl2F2N4O+. The molecule has 1 fully saturated rings. The Labute approximate surface area is 224 Å². The van der Waals surface area contributed by atoms with E-state index in [9.17, 15) is 13.6 Å². The van der Waals surface area contributed by atoms with E-state index in [1.807, 2.05) is 12.2 Å². The van der Waals surface area contributed by atoms with Gasteiger partial charge >= 0.3 is 6.03 Å². The molecule has 3 aromatic rings. The highest BCUT2D eigenvalue weighted by Crippen LogP contribution is 2.53. The molecule has 2 aliphatic heterocycles. The molecule has 2 aromatic carbocycles. The van der Waals surface area contributed by atoms with Crippen molar-refractivity contribution in [3.8, 4) is 0 Å². The SMILES string of the molecule is O=C(NCc1ccnc(Cl)c1)[N+]1(C/C=C/c2ccc(F)cc2)CC2(CCNCC2)c2c1ccc(F)c2Cl. The molecule has 5 nitrogen and oxygen atoms in total. The molecule has 3 heterocycles. The van der Waals surface area contributed by atoms with Crippen molar-refractivity contribution in [3.05, 3.63) is 99.3 Å². The van der Waals surface area contributed by atoms with E-state index in [2.05, 4.69) is 15.6 Å². The number of rotatable bonds is 5. The Bertz CT molecular complexity index is 1340. The Morgan fingerprint density at radius 3 is 2.59 bits per heavy atom. The Morgan fingerprint density at radius 1 is 1.11 bits per heavy atom. The summed E-state index contributed by atoms with van der Waals surface area (Å²) in [6, 6.07) is 12.5. The first-order chi connectivity index (χ1) is 17.8. The van der Waals surface area contributed by atoms with Gasteiger partial charge in [0, 0.05) is 24.4 Å². The van der Waals surface area contributed by atoms with E-state index in [-0.39, 0.29) is 27.9 Å². The summed E-state index contributed by atoms with van der Waals surface area (Å²) in [5.41, 5.74) is 2.65. The summed E-state index contributed by atoms with van der Waals surface area (Å²) in [6.45, 7) is 2.57. The third-order valence-corrected chi connectivity index (χ3v) is 7.99. The summed E-state index contributed by atoms with van der Waals surface area (Å²) in [7, 11) is 0. The number of pyridine rings is 1. The zero-order valence-corrected chi connectivity index (χ0v) is 21.6. The zero-order chi connectivity index (χ0) is 26.0. The Kier molecular flexibility index (Phi) is 7.32. The minimum Gasteiger partial charge on any atom is -0.317 e. The van der Waals surface area contributed by atoms with Crippen molar-refractivity contribution >= 4 is 41.0 Å². The number of halogens is 4. The number of benzene rings is 2. The van der Waals surface area contributed by atoms with Gasteiger partial charge in [-0.3, -0.25) is 0 Å². The maximum atomic E-state index is 14.8. The summed E-state index contributed by atoms with van der Waals surface area (Å²) in [5.74, 6) is -0.791. The predicted octanol–water partition coefficient (Wildman–Crippen LogP) is 6.23. The van der Waals surface area contributed by atoms with Crippen molar-refractivity contribution in [2.45, 2.75) is 24.8 Å². The van der Waals surface area contributed by atoms with Crippen LogP contribution in [0.3, 0.4) is 0 Å². The van der Waals surface area contributed by atoms with E-state index < -0.39 is 11.2 Å². The molecular weight excluding hydrogens is 517 g/mol. The number of piperidine rings is 1. The van der Waals surface area contributed by atoms with Gasteiger partial charge in [0.05, 0.1) is 10.4 Å². The van der Waals surface area contributed by atoms with E-state index in [1.54, 1.807) is 36.5 Å². The van der Waals surface area contributed by atoms with Crippen molar-refractivity contribution in [1.82, 2.24) is 20.1 Å². The summed E-state index contributed by atoms with van der Waals surface area (Å²) in [6.07, 6.45) is 6.87. The normalized spacial score (nSPS) is 20.3. The number of carbonyl (C=O) groups is 1. The van der Waals surface area contributed by atoms with Crippen LogP contribution in [0.1, 0.15) is 29.5 Å². The molecule has 1 atom stereocenters. The lowest BCUT2D eigenvalue weighted by Crippen LogP contribution is -2.60. The molecule has 1 aromatic heterocycles. The van der Waals surface area contributed by atoms with Gasteiger partial charge in [0.1, 0.15) is 35.6 Å². The Balaban J connectivity index is 1.54. The van der Waals surface area contributed by atoms with Crippen molar-refractivity contribution in [1.29, 1.82) is 0 Å². The number of fused-ring (bicyclic) bond motifs is 2. The molecule has 192 valence electrons. The molecule has 2 amide bonds. The summed E-state index contributed by atoms with van der Waals surface area (Å²) >= 11 is 12.6. The molecule has 1 unspecified atom stereocenters. The van der Waals surface area contributed by atoms with Crippen LogP contribution >= 0.6 is 23.2 Å². The molecule has 5 rings (SSSR count). The first-order valence-corrected chi connectivity index (χ1v) is 13.0. The molecule has 2 N–H and O–H groups in total. The first kappa shape index (κ1) is 25.8. The van der Waals surface area contributed by atoms with Crippen molar-refractivity contribution in [3.63, 3.8) is 0 Å². The van der Waals surface area contributed by atoms with Gasteiger partial charge in [-0.15, -0.1) is 0 Å². The summed E-state index contributed by atoms with van der Waals surface area (Å²) in [5, 5.41) is 6.88. The number of urea groups is 1. The van der Waals surface area contributed by atoms with Gasteiger partial charge in [-0.05, 0) is 73.5 Å². The highest BCUT2D eigenvalue weighted by Gasteiger charge is 2.58. The van der Waals surface area contributed by atoms with Crippen LogP contribution in [-0.4, -0.2) is 37.2 Å². The summed E-state index contributed by atoms with van der Waals surface area (Å²) < 4.78 is 28.1. The third kappa shape index (κ3) is 5.01. The topological polar surface area (TPSA) is 54.0 Å². The number of nitrogens with zero attached hydrogens (tertiary/aromatic N) is 2. The number of quaternary nitrogens is 1. The fraction of sp³-hybridized carbons (Fsp3) is 0.286. The van der Waals surface area contributed by atoms with E-state index in [1.165, 1.54) is 18.2 Å². The predicted molar refractivity (Wildman–Crippen MR) is 144 cm³/mol. The van der Waals surface area contributed by atoms with E-state index in [4.69, 9.17) is 23.2 Å². The summed E-state index contributed by atoms with van der Waals surface area (Å²) in [4.78, 5) is 18.1. The van der Waals surface area contributed by atoms with Crippen molar-refractivity contribution < 1.29 is 13.6 Å². The maximum Gasteiger partial charge on any atom is 0.422 e. The zero-order valence-electron chi connectivity index (χ0n) is 20.1. The number of hydrogen-bond donors (Lipinski definition) is 2. The van der Waals surface area contributed by atoms with Gasteiger partial charge < -0.3 is 10.6 Å². The lowest BCUT2D eigenvalue weighted by atomic mass is 9.74. The smallest absolute Gasteiger partial charge is 0.317 e. The molecule has 1 spiro atoms. The molecule has 0 saturated carbocycles. The van der Waals surface area contributed by atoms with Crippen LogP contribution in [0.25, 0.3) is 6.08 Å². The largest absolute Gasteiger partial charge is 0.422 e. The highest BCUT2D eigenvalue weighted by atomic mass is 35.5. The van der Waals surface area contributed by atoms with E-state index >= 15 is 0 Å². The third-order valence-electron chi connectivity index (χ3n) is 7.42. The van der Waals surface area contributed by atoms with Crippen molar-refractivity contribution in [2.75, 3.05) is 26.2 Å². The van der Waals surface area contributed by atoms with Crippen LogP contribution in [0, 0.1) is 11.6 Å². The minimum atomic E-state index is -0.480. The quantitative estimate of drug-likeness (QED) is 0.296. The highest BCUT2D eigenvalue weighted by molar-refractivity contribution is 6.32. The first-order valence-electron chi connectivity index (χ1n) is 12.2. The number of amides is 2. The minimum absolute atomic E-state index is 0.0498. The van der Waals surface area contributed by atoms with E-state index in [0.717, 1.165) is 42.6 Å². The van der Waals surface area contributed by atoms with Gasteiger partial charge in [-0.1, -0.05) is 41.4 Å². The fourth-order valence-corrected chi connectivity index (χ4v) is 6.20. The van der Waals surface area contributed by atoms with Gasteiger partial charge in [0.15, 0.2) is 0 Å². The second-order valence-corrected chi connectivity index (χ2v) is 10.5. The molecule has 0 bridgehead atoms. The second kappa shape index (κ2) is 10.5. The van der Waals surface area contributed by atoms with Crippen molar-refractivity contribution in [2.24, 2.45) is 0 Å².